The van der Waals surface area contributed by atoms with Crippen LogP contribution in [0.5, 0.6) is 0 Å². The lowest BCUT2D eigenvalue weighted by Gasteiger charge is -2.13. The van der Waals surface area contributed by atoms with Gasteiger partial charge >= 0.3 is 0 Å². The molecule has 0 fully saturated rings. The maximum absolute atomic E-state index is 4.93. The maximum Gasteiger partial charge on any atom is 0.234 e. The van der Waals surface area contributed by atoms with E-state index in [9.17, 15) is 0 Å². The Morgan fingerprint density at radius 1 is 0.440 bits per heavy atom. The Labute approximate surface area is 287 Å². The Morgan fingerprint density at radius 3 is 1.92 bits per heavy atom. The summed E-state index contributed by atoms with van der Waals surface area (Å²) in [6.45, 7) is 0. The van der Waals surface area contributed by atoms with E-state index in [0.29, 0.717) is 5.78 Å². The largest absolute Gasteiger partial charge is 0.309 e. The van der Waals surface area contributed by atoms with Gasteiger partial charge in [-0.25, -0.2) is 9.97 Å². The van der Waals surface area contributed by atoms with Crippen molar-refractivity contribution in [1.82, 2.24) is 18.9 Å². The van der Waals surface area contributed by atoms with Crippen molar-refractivity contribution in [2.75, 3.05) is 0 Å². The molecule has 11 rings (SSSR count). The molecule has 0 bridgehead atoms. The van der Waals surface area contributed by atoms with E-state index in [1.54, 1.807) is 6.20 Å². The van der Waals surface area contributed by atoms with Gasteiger partial charge in [0.25, 0.3) is 0 Å². The molecule has 0 spiro atoms. The molecule has 0 saturated heterocycles. The lowest BCUT2D eigenvalue weighted by molar-refractivity contribution is 1.11. The predicted molar refractivity (Wildman–Crippen MR) is 207 cm³/mol. The number of rotatable bonds is 4. The average molecular weight is 637 g/mol. The van der Waals surface area contributed by atoms with Crippen molar-refractivity contribution in [3.05, 3.63) is 170 Å². The van der Waals surface area contributed by atoms with Gasteiger partial charge in [-0.2, -0.15) is 0 Å². The van der Waals surface area contributed by atoms with Crippen LogP contribution in [0.25, 0.3) is 99.2 Å². The highest BCUT2D eigenvalue weighted by Crippen LogP contribution is 2.40. The lowest BCUT2D eigenvalue weighted by atomic mass is 9.91. The van der Waals surface area contributed by atoms with E-state index in [1.807, 2.05) is 18.3 Å². The van der Waals surface area contributed by atoms with Crippen molar-refractivity contribution in [1.29, 1.82) is 0 Å². The molecule has 8 aromatic carbocycles. The summed E-state index contributed by atoms with van der Waals surface area (Å²) in [7, 11) is 0. The third-order valence-electron chi connectivity index (χ3n) is 10.3. The van der Waals surface area contributed by atoms with Crippen molar-refractivity contribution in [2.24, 2.45) is 0 Å². The fraction of sp³-hybridized carbons (Fsp3) is 0. The fourth-order valence-electron chi connectivity index (χ4n) is 8.08. The monoisotopic (exact) mass is 636 g/mol. The number of fused-ring (bicyclic) bond motifs is 4. The highest BCUT2D eigenvalue weighted by molar-refractivity contribution is 6.24. The van der Waals surface area contributed by atoms with Crippen molar-refractivity contribution in [2.45, 2.75) is 0 Å². The molecule has 0 aliphatic rings. The van der Waals surface area contributed by atoms with Crippen LogP contribution < -0.4 is 0 Å². The van der Waals surface area contributed by atoms with Crippen LogP contribution in [-0.2, 0) is 0 Å². The van der Waals surface area contributed by atoms with Gasteiger partial charge in [0.15, 0.2) is 0 Å². The molecule has 0 amide bonds. The number of benzene rings is 8. The second-order valence-electron chi connectivity index (χ2n) is 13.1. The quantitative estimate of drug-likeness (QED) is 0.180. The molecular formula is C46H28N4. The zero-order chi connectivity index (χ0) is 32.8. The number of nitrogens with zero attached hydrogens (tertiary/aromatic N) is 4. The molecule has 50 heavy (non-hydrogen) atoms. The summed E-state index contributed by atoms with van der Waals surface area (Å²) in [5, 5.41) is 10.3. The van der Waals surface area contributed by atoms with Crippen LogP contribution in [0.1, 0.15) is 0 Å². The van der Waals surface area contributed by atoms with Crippen LogP contribution >= 0.6 is 0 Å². The molecule has 3 aromatic heterocycles. The fourth-order valence-corrected chi connectivity index (χ4v) is 8.08. The summed E-state index contributed by atoms with van der Waals surface area (Å²) < 4.78 is 4.46. The maximum atomic E-state index is 4.93. The third-order valence-corrected chi connectivity index (χ3v) is 10.3. The average Bonchev–Trinajstić information content (AvgIpc) is 3.73. The van der Waals surface area contributed by atoms with Gasteiger partial charge in [-0.1, -0.05) is 109 Å². The van der Waals surface area contributed by atoms with Crippen molar-refractivity contribution < 1.29 is 0 Å². The minimum atomic E-state index is 0.688. The number of hydrogen-bond donors (Lipinski definition) is 0. The van der Waals surface area contributed by atoms with Gasteiger partial charge in [-0.05, 0) is 92.0 Å². The van der Waals surface area contributed by atoms with Gasteiger partial charge in [0.2, 0.25) is 5.78 Å². The molecule has 0 saturated carbocycles. The van der Waals surface area contributed by atoms with E-state index in [-0.39, 0.29) is 0 Å². The minimum absolute atomic E-state index is 0.688. The van der Waals surface area contributed by atoms with E-state index in [2.05, 4.69) is 160 Å². The van der Waals surface area contributed by atoms with E-state index in [4.69, 9.17) is 4.98 Å². The van der Waals surface area contributed by atoms with Gasteiger partial charge in [-0.3, -0.25) is 4.40 Å². The molecule has 0 aliphatic carbocycles. The summed E-state index contributed by atoms with van der Waals surface area (Å²) in [6, 6.07) is 57.1. The first kappa shape index (κ1) is 27.2. The Hall–Kier alpha value is -6.78. The molecule has 4 nitrogen and oxygen atoms in total. The van der Waals surface area contributed by atoms with Crippen molar-refractivity contribution >= 4 is 59.9 Å². The van der Waals surface area contributed by atoms with E-state index >= 15 is 0 Å². The summed E-state index contributed by atoms with van der Waals surface area (Å²) >= 11 is 0. The molecule has 3 heterocycles. The predicted octanol–water partition coefficient (Wildman–Crippen LogP) is 11.7. The molecule has 4 heteroatoms. The van der Waals surface area contributed by atoms with Crippen LogP contribution in [0.2, 0.25) is 0 Å². The first-order valence-electron chi connectivity index (χ1n) is 17.0. The molecule has 0 aliphatic heterocycles. The minimum Gasteiger partial charge on any atom is -0.309 e. The Bertz CT molecular complexity index is 3010. The van der Waals surface area contributed by atoms with Gasteiger partial charge < -0.3 is 4.57 Å². The number of para-hydroxylation sites is 1. The van der Waals surface area contributed by atoms with Crippen LogP contribution in [0, 0.1) is 0 Å². The lowest BCUT2D eigenvalue weighted by Crippen LogP contribution is -1.95. The van der Waals surface area contributed by atoms with Crippen LogP contribution in [0.15, 0.2) is 170 Å². The standard InChI is InChI=1S/C46H28N4/c1-2-8-31(9-3-1)44-45(49-25-7-24-47-46(49)48-44)32-18-21-37(22-19-32)50-40-13-5-4-12-38(40)39-28-33(20-23-41(39)50)36-26-34-16-14-29-10-6-11-30-15-17-35(27-36)43(34)42(29)30/h1-28H. The summed E-state index contributed by atoms with van der Waals surface area (Å²) in [4.78, 5) is 9.49. The first-order chi connectivity index (χ1) is 24.8. The molecule has 11 aromatic rings. The molecule has 0 atom stereocenters. The van der Waals surface area contributed by atoms with Crippen molar-refractivity contribution in [3.8, 4) is 39.3 Å². The first-order valence-corrected chi connectivity index (χ1v) is 17.0. The second-order valence-corrected chi connectivity index (χ2v) is 13.1. The van der Waals surface area contributed by atoms with E-state index in [0.717, 1.165) is 28.2 Å². The van der Waals surface area contributed by atoms with Gasteiger partial charge in [-0.15, -0.1) is 0 Å². The van der Waals surface area contributed by atoms with Crippen LogP contribution in [-0.4, -0.2) is 18.9 Å². The van der Waals surface area contributed by atoms with Crippen LogP contribution in [0.4, 0.5) is 0 Å². The SMILES string of the molecule is c1ccc(-c2nc3ncccn3c2-c2ccc(-n3c4ccccc4c4cc(-c5cc6ccc7cccc8ccc(c5)c6c78)ccc43)cc2)cc1. The zero-order valence-electron chi connectivity index (χ0n) is 27.0. The number of imidazole rings is 1. The number of aromatic nitrogens is 4. The Morgan fingerprint density at radius 2 is 1.12 bits per heavy atom. The highest BCUT2D eigenvalue weighted by atomic mass is 15.1. The summed E-state index contributed by atoms with van der Waals surface area (Å²) in [6.07, 6.45) is 3.83. The normalized spacial score (nSPS) is 12.0. The molecule has 0 N–H and O–H groups in total. The topological polar surface area (TPSA) is 35.1 Å². The molecule has 0 radical (unpaired) electrons. The van der Waals surface area contributed by atoms with Crippen molar-refractivity contribution in [3.63, 3.8) is 0 Å². The van der Waals surface area contributed by atoms with Gasteiger partial charge in [0.1, 0.15) is 0 Å². The van der Waals surface area contributed by atoms with Gasteiger partial charge in [0.05, 0.1) is 22.4 Å². The molecule has 0 unspecified atom stereocenters. The summed E-state index contributed by atoms with van der Waals surface area (Å²) in [5.74, 6) is 0.688. The Balaban J connectivity index is 1.06. The van der Waals surface area contributed by atoms with Crippen LogP contribution in [0.3, 0.4) is 0 Å². The van der Waals surface area contributed by atoms with E-state index < -0.39 is 0 Å². The molecule has 232 valence electrons. The third kappa shape index (κ3) is 3.93. The zero-order valence-corrected chi connectivity index (χ0v) is 27.0. The highest BCUT2D eigenvalue weighted by Gasteiger charge is 2.18. The Kier molecular flexibility index (Phi) is 5.63. The molecular weight excluding hydrogens is 609 g/mol. The van der Waals surface area contributed by atoms with E-state index in [1.165, 1.54) is 65.3 Å². The number of hydrogen-bond acceptors (Lipinski definition) is 2. The van der Waals surface area contributed by atoms with Gasteiger partial charge in [0, 0.05) is 40.0 Å². The smallest absolute Gasteiger partial charge is 0.234 e. The summed E-state index contributed by atoms with van der Waals surface area (Å²) in [5.41, 5.74) is 10.1. The second kappa shape index (κ2) is 10.4.